The number of carbonyl (C=O) groups is 2. The van der Waals surface area contributed by atoms with Gasteiger partial charge in [0.2, 0.25) is 0 Å². The third kappa shape index (κ3) is 3.76. The predicted molar refractivity (Wildman–Crippen MR) is 106 cm³/mol. The lowest BCUT2D eigenvalue weighted by atomic mass is 10.1. The molecule has 6 heteroatoms. The Kier molecular flexibility index (Phi) is 5.10. The van der Waals surface area contributed by atoms with Gasteiger partial charge < -0.3 is 10.2 Å². The summed E-state index contributed by atoms with van der Waals surface area (Å²) >= 11 is 0. The van der Waals surface area contributed by atoms with E-state index in [-0.39, 0.29) is 17.8 Å². The zero-order chi connectivity index (χ0) is 19.5. The number of carbonyl (C=O) groups excluding carboxylic acids is 2. The molecule has 144 valence electrons. The number of amides is 3. The van der Waals surface area contributed by atoms with Gasteiger partial charge in [0.25, 0.3) is 5.91 Å². The second-order valence-corrected chi connectivity index (χ2v) is 7.12. The number of nitrogens with one attached hydrogen (secondary N) is 1. The van der Waals surface area contributed by atoms with Crippen LogP contribution in [0.1, 0.15) is 30.4 Å². The number of imide groups is 1. The van der Waals surface area contributed by atoms with Crippen molar-refractivity contribution >= 4 is 23.7 Å². The van der Waals surface area contributed by atoms with Crippen LogP contribution in [0.4, 0.5) is 14.9 Å². The molecular formula is C22H22FN3O2. The van der Waals surface area contributed by atoms with Crippen LogP contribution in [0.5, 0.6) is 0 Å². The topological polar surface area (TPSA) is 52.7 Å². The van der Waals surface area contributed by atoms with Crippen LogP contribution in [0.25, 0.3) is 6.08 Å². The fraction of sp³-hybridized carbons (Fsp3) is 0.273. The van der Waals surface area contributed by atoms with E-state index in [4.69, 9.17) is 0 Å². The van der Waals surface area contributed by atoms with E-state index in [1.165, 1.54) is 18.6 Å². The molecule has 2 aromatic carbocycles. The van der Waals surface area contributed by atoms with Gasteiger partial charge in [0.05, 0.1) is 6.54 Å². The van der Waals surface area contributed by atoms with Crippen LogP contribution in [0, 0.1) is 5.82 Å². The SMILES string of the molecule is O=C1N/C(=C\c2ccc(N3CCCCC3)cc2F)C(=O)N1Cc1ccccc1. The van der Waals surface area contributed by atoms with Gasteiger partial charge in [-0.15, -0.1) is 0 Å². The number of piperidine rings is 1. The Morgan fingerprint density at radius 1 is 1.00 bits per heavy atom. The van der Waals surface area contributed by atoms with E-state index in [1.54, 1.807) is 6.07 Å². The van der Waals surface area contributed by atoms with Crippen molar-refractivity contribution in [3.05, 3.63) is 71.2 Å². The van der Waals surface area contributed by atoms with Crippen LogP contribution >= 0.6 is 0 Å². The Balaban J connectivity index is 1.52. The number of halogens is 1. The molecule has 2 aromatic rings. The van der Waals surface area contributed by atoms with E-state index in [0.717, 1.165) is 42.1 Å². The van der Waals surface area contributed by atoms with E-state index in [0.29, 0.717) is 0 Å². The Bertz CT molecular complexity index is 921. The van der Waals surface area contributed by atoms with Gasteiger partial charge >= 0.3 is 6.03 Å². The first-order chi connectivity index (χ1) is 13.6. The summed E-state index contributed by atoms with van der Waals surface area (Å²) in [6.45, 7) is 2.05. The van der Waals surface area contributed by atoms with Crippen molar-refractivity contribution in [1.82, 2.24) is 10.2 Å². The molecule has 0 spiro atoms. The fourth-order valence-corrected chi connectivity index (χ4v) is 3.62. The molecule has 0 atom stereocenters. The second kappa shape index (κ2) is 7.84. The molecule has 2 fully saturated rings. The summed E-state index contributed by atoms with van der Waals surface area (Å²) in [4.78, 5) is 28.1. The number of nitrogens with zero attached hydrogens (tertiary/aromatic N) is 2. The van der Waals surface area contributed by atoms with Gasteiger partial charge in [-0.3, -0.25) is 9.69 Å². The first-order valence-corrected chi connectivity index (χ1v) is 9.55. The van der Waals surface area contributed by atoms with Crippen molar-refractivity contribution in [2.75, 3.05) is 18.0 Å². The van der Waals surface area contributed by atoms with E-state index >= 15 is 0 Å². The number of rotatable bonds is 4. The Morgan fingerprint density at radius 2 is 1.75 bits per heavy atom. The van der Waals surface area contributed by atoms with Crippen molar-refractivity contribution < 1.29 is 14.0 Å². The van der Waals surface area contributed by atoms with E-state index in [9.17, 15) is 14.0 Å². The second-order valence-electron chi connectivity index (χ2n) is 7.12. The Hall–Kier alpha value is -3.15. The number of urea groups is 1. The third-order valence-corrected chi connectivity index (χ3v) is 5.15. The van der Waals surface area contributed by atoms with Crippen LogP contribution in [0.2, 0.25) is 0 Å². The highest BCUT2D eigenvalue weighted by atomic mass is 19.1. The molecule has 5 nitrogen and oxygen atoms in total. The minimum absolute atomic E-state index is 0.0885. The van der Waals surface area contributed by atoms with Crippen molar-refractivity contribution in [1.29, 1.82) is 0 Å². The van der Waals surface area contributed by atoms with Gasteiger partial charge in [0.1, 0.15) is 11.5 Å². The summed E-state index contributed by atoms with van der Waals surface area (Å²) in [5.41, 5.74) is 2.08. The Labute approximate surface area is 163 Å². The highest BCUT2D eigenvalue weighted by Gasteiger charge is 2.33. The number of hydrogen-bond acceptors (Lipinski definition) is 3. The van der Waals surface area contributed by atoms with Crippen LogP contribution in [-0.2, 0) is 11.3 Å². The number of hydrogen-bond donors (Lipinski definition) is 1. The van der Waals surface area contributed by atoms with Crippen LogP contribution < -0.4 is 10.2 Å². The molecule has 1 N–H and O–H groups in total. The minimum Gasteiger partial charge on any atom is -0.371 e. The highest BCUT2D eigenvalue weighted by molar-refractivity contribution is 6.13. The zero-order valence-corrected chi connectivity index (χ0v) is 15.5. The quantitative estimate of drug-likeness (QED) is 0.647. The molecule has 0 aliphatic carbocycles. The van der Waals surface area contributed by atoms with Gasteiger partial charge in [-0.25, -0.2) is 9.18 Å². The first kappa shape index (κ1) is 18.2. The summed E-state index contributed by atoms with van der Waals surface area (Å²) in [7, 11) is 0. The lowest BCUT2D eigenvalue weighted by Crippen LogP contribution is -2.30. The smallest absolute Gasteiger partial charge is 0.329 e. The molecule has 0 bridgehead atoms. The molecule has 2 heterocycles. The molecule has 3 amide bonds. The predicted octanol–water partition coefficient (Wildman–Crippen LogP) is 3.91. The van der Waals surface area contributed by atoms with E-state index < -0.39 is 17.8 Å². The van der Waals surface area contributed by atoms with Gasteiger partial charge in [0, 0.05) is 24.3 Å². The van der Waals surface area contributed by atoms with E-state index in [1.807, 2.05) is 36.4 Å². The van der Waals surface area contributed by atoms with Crippen molar-refractivity contribution in [3.8, 4) is 0 Å². The van der Waals surface area contributed by atoms with Gasteiger partial charge in [-0.2, -0.15) is 0 Å². The largest absolute Gasteiger partial charge is 0.371 e. The van der Waals surface area contributed by atoms with Gasteiger partial charge in [-0.05, 0) is 49.1 Å². The lowest BCUT2D eigenvalue weighted by molar-refractivity contribution is -0.123. The maximum absolute atomic E-state index is 14.6. The molecule has 0 aromatic heterocycles. The molecule has 0 saturated carbocycles. The summed E-state index contributed by atoms with van der Waals surface area (Å²) in [5, 5.41) is 2.55. The lowest BCUT2D eigenvalue weighted by Gasteiger charge is -2.28. The van der Waals surface area contributed by atoms with Gasteiger partial charge in [-0.1, -0.05) is 30.3 Å². The average Bonchev–Trinajstić information content (AvgIpc) is 2.98. The molecule has 2 aliphatic heterocycles. The summed E-state index contributed by atoms with van der Waals surface area (Å²) < 4.78 is 14.6. The van der Waals surface area contributed by atoms with Crippen LogP contribution in [-0.4, -0.2) is 29.9 Å². The Morgan fingerprint density at radius 3 is 2.46 bits per heavy atom. The number of benzene rings is 2. The molecule has 2 saturated heterocycles. The van der Waals surface area contributed by atoms with Crippen molar-refractivity contribution in [3.63, 3.8) is 0 Å². The van der Waals surface area contributed by atoms with Crippen molar-refractivity contribution in [2.45, 2.75) is 25.8 Å². The normalized spacial score (nSPS) is 18.7. The van der Waals surface area contributed by atoms with E-state index in [2.05, 4.69) is 10.2 Å². The van der Waals surface area contributed by atoms with Crippen LogP contribution in [0.15, 0.2) is 54.2 Å². The minimum atomic E-state index is -0.495. The fourth-order valence-electron chi connectivity index (χ4n) is 3.62. The molecule has 4 rings (SSSR count). The molecule has 0 radical (unpaired) electrons. The van der Waals surface area contributed by atoms with Gasteiger partial charge in [0.15, 0.2) is 0 Å². The average molecular weight is 379 g/mol. The summed E-state index contributed by atoms with van der Waals surface area (Å²) in [5.74, 6) is -0.854. The molecule has 28 heavy (non-hydrogen) atoms. The zero-order valence-electron chi connectivity index (χ0n) is 15.5. The maximum Gasteiger partial charge on any atom is 0.329 e. The maximum atomic E-state index is 14.6. The monoisotopic (exact) mass is 379 g/mol. The summed E-state index contributed by atoms with van der Waals surface area (Å²) in [6.07, 6.45) is 4.85. The third-order valence-electron chi connectivity index (χ3n) is 5.15. The summed E-state index contributed by atoms with van der Waals surface area (Å²) in [6, 6.07) is 13.8. The number of anilines is 1. The first-order valence-electron chi connectivity index (χ1n) is 9.55. The standard InChI is InChI=1S/C22H22FN3O2/c23-19-14-18(25-11-5-2-6-12-25)10-9-17(19)13-20-21(27)26(22(28)24-20)15-16-7-3-1-4-8-16/h1,3-4,7-10,13-14H,2,5-6,11-12,15H2,(H,24,28)/b20-13-. The molecule has 0 unspecified atom stereocenters. The molecule has 2 aliphatic rings. The highest BCUT2D eigenvalue weighted by Crippen LogP contribution is 2.24. The van der Waals surface area contributed by atoms with Crippen molar-refractivity contribution in [2.24, 2.45) is 0 Å². The molecular weight excluding hydrogens is 357 g/mol. The van der Waals surface area contributed by atoms with Crippen LogP contribution in [0.3, 0.4) is 0 Å².